The van der Waals surface area contributed by atoms with Gasteiger partial charge in [-0.15, -0.1) is 0 Å². The molecule has 150 valence electrons. The fourth-order valence-electron chi connectivity index (χ4n) is 4.40. The van der Waals surface area contributed by atoms with Gasteiger partial charge in [0, 0.05) is 32.9 Å². The van der Waals surface area contributed by atoms with Crippen molar-refractivity contribution in [2.24, 2.45) is 11.8 Å². The van der Waals surface area contributed by atoms with Crippen LogP contribution in [0.3, 0.4) is 0 Å². The molecule has 1 aliphatic carbocycles. The molecule has 0 aromatic heterocycles. The Hall–Kier alpha value is -1.02. The number of piperidine rings is 1. The van der Waals surface area contributed by atoms with Crippen molar-refractivity contribution in [3.05, 3.63) is 30.1 Å². The second-order valence-electron chi connectivity index (χ2n) is 8.04. The molecule has 7 heteroatoms. The van der Waals surface area contributed by atoms with Gasteiger partial charge in [0.15, 0.2) is 0 Å². The summed E-state index contributed by atoms with van der Waals surface area (Å²) in [4.78, 5) is -0.238. The van der Waals surface area contributed by atoms with E-state index in [0.717, 1.165) is 38.6 Å². The van der Waals surface area contributed by atoms with Gasteiger partial charge >= 0.3 is 0 Å². The highest BCUT2D eigenvalue weighted by Gasteiger charge is 2.47. The minimum absolute atomic E-state index is 0.238. The normalized spacial score (nSPS) is 25.9. The zero-order valence-electron chi connectivity index (χ0n) is 15.6. The summed E-state index contributed by atoms with van der Waals surface area (Å²) in [5.74, 6) is 0.487. The minimum Gasteiger partial charge on any atom is -0.381 e. The molecule has 3 fully saturated rings. The Balaban J connectivity index is 1.36. The first-order chi connectivity index (χ1) is 13.0. The van der Waals surface area contributed by atoms with E-state index >= 15 is 0 Å². The molecule has 1 atom stereocenters. The first kappa shape index (κ1) is 19.3. The van der Waals surface area contributed by atoms with E-state index in [1.807, 2.05) is 0 Å². The van der Waals surface area contributed by atoms with Crippen LogP contribution in [0.5, 0.6) is 0 Å². The molecular formula is C20H28FNO4S. The molecule has 5 nitrogen and oxygen atoms in total. The van der Waals surface area contributed by atoms with E-state index in [2.05, 4.69) is 0 Å². The zero-order valence-corrected chi connectivity index (χ0v) is 16.4. The third-order valence-corrected chi connectivity index (χ3v) is 8.22. The minimum atomic E-state index is -3.80. The predicted molar refractivity (Wildman–Crippen MR) is 99.3 cm³/mol. The van der Waals surface area contributed by atoms with Crippen LogP contribution in [0.1, 0.15) is 38.5 Å². The lowest BCUT2D eigenvalue weighted by atomic mass is 9.78. The Morgan fingerprint density at radius 2 is 1.93 bits per heavy atom. The van der Waals surface area contributed by atoms with Gasteiger partial charge in [0.05, 0.1) is 5.60 Å². The molecule has 1 aromatic carbocycles. The van der Waals surface area contributed by atoms with Gasteiger partial charge in [0.25, 0.3) is 0 Å². The number of hydrogen-bond donors (Lipinski definition) is 0. The fraction of sp³-hybridized carbons (Fsp3) is 0.700. The molecule has 1 aromatic rings. The molecule has 0 amide bonds. The van der Waals surface area contributed by atoms with Gasteiger partial charge in [0.1, 0.15) is 10.7 Å². The predicted octanol–water partition coefficient (Wildman–Crippen LogP) is 3.20. The first-order valence-electron chi connectivity index (χ1n) is 9.98. The van der Waals surface area contributed by atoms with E-state index < -0.39 is 15.8 Å². The lowest BCUT2D eigenvalue weighted by Crippen LogP contribution is -2.49. The molecule has 1 spiro atoms. The van der Waals surface area contributed by atoms with Crippen LogP contribution in [0.25, 0.3) is 0 Å². The summed E-state index contributed by atoms with van der Waals surface area (Å²) in [7, 11) is -3.80. The zero-order chi connectivity index (χ0) is 18.9. The van der Waals surface area contributed by atoms with Crippen LogP contribution >= 0.6 is 0 Å². The molecule has 0 unspecified atom stereocenters. The highest BCUT2D eigenvalue weighted by molar-refractivity contribution is 7.89. The number of hydrogen-bond acceptors (Lipinski definition) is 4. The van der Waals surface area contributed by atoms with Crippen LogP contribution in [0.15, 0.2) is 29.2 Å². The van der Waals surface area contributed by atoms with Crippen LogP contribution in [0.4, 0.5) is 4.39 Å². The maximum absolute atomic E-state index is 14.0. The largest absolute Gasteiger partial charge is 0.381 e. The first-order valence-corrected chi connectivity index (χ1v) is 11.4. The fourth-order valence-corrected chi connectivity index (χ4v) is 5.91. The molecule has 3 aliphatic rings. The van der Waals surface area contributed by atoms with E-state index in [1.165, 1.54) is 35.3 Å². The van der Waals surface area contributed by atoms with E-state index in [-0.39, 0.29) is 10.5 Å². The van der Waals surface area contributed by atoms with Gasteiger partial charge in [-0.05, 0) is 62.5 Å². The van der Waals surface area contributed by atoms with Crippen molar-refractivity contribution in [2.45, 2.75) is 49.0 Å². The highest BCUT2D eigenvalue weighted by atomic mass is 32.2. The van der Waals surface area contributed by atoms with Crippen LogP contribution in [0, 0.1) is 17.7 Å². The molecule has 27 heavy (non-hydrogen) atoms. The summed E-state index contributed by atoms with van der Waals surface area (Å²) in [6.45, 7) is 3.10. The van der Waals surface area contributed by atoms with Crippen molar-refractivity contribution in [1.82, 2.24) is 4.31 Å². The monoisotopic (exact) mass is 397 g/mol. The van der Waals surface area contributed by atoms with Crippen molar-refractivity contribution >= 4 is 10.0 Å². The summed E-state index contributed by atoms with van der Waals surface area (Å²) in [6, 6.07) is 5.58. The van der Waals surface area contributed by atoms with E-state index in [1.54, 1.807) is 6.07 Å². The topological polar surface area (TPSA) is 55.8 Å². The molecule has 4 rings (SSSR count). The summed E-state index contributed by atoms with van der Waals surface area (Å²) in [6.07, 6.45) is 5.88. The van der Waals surface area contributed by atoms with Gasteiger partial charge in [-0.25, -0.2) is 12.8 Å². The smallest absolute Gasteiger partial charge is 0.245 e. The number of halogens is 1. The maximum Gasteiger partial charge on any atom is 0.245 e. The molecular weight excluding hydrogens is 369 g/mol. The van der Waals surface area contributed by atoms with E-state index in [4.69, 9.17) is 9.47 Å². The summed E-state index contributed by atoms with van der Waals surface area (Å²) < 4.78 is 52.9. The average Bonchev–Trinajstić information content (AvgIpc) is 3.41. The van der Waals surface area contributed by atoms with Crippen molar-refractivity contribution < 1.29 is 22.3 Å². The van der Waals surface area contributed by atoms with Crippen LogP contribution < -0.4 is 0 Å². The summed E-state index contributed by atoms with van der Waals surface area (Å²) in [5, 5.41) is 0. The van der Waals surface area contributed by atoms with Crippen molar-refractivity contribution in [3.63, 3.8) is 0 Å². The number of ether oxygens (including phenoxy) is 2. The molecule has 0 radical (unpaired) electrons. The quantitative estimate of drug-likeness (QED) is 0.663. The maximum atomic E-state index is 14.0. The Kier molecular flexibility index (Phi) is 5.56. The third kappa shape index (κ3) is 4.06. The highest BCUT2D eigenvalue weighted by Crippen LogP contribution is 2.43. The van der Waals surface area contributed by atoms with Crippen LogP contribution in [-0.4, -0.2) is 51.2 Å². The van der Waals surface area contributed by atoms with Crippen molar-refractivity contribution in [1.29, 1.82) is 0 Å². The molecule has 2 heterocycles. The Morgan fingerprint density at radius 3 is 2.63 bits per heavy atom. The van der Waals surface area contributed by atoms with Gasteiger partial charge in [-0.3, -0.25) is 0 Å². The molecule has 1 saturated carbocycles. The number of benzene rings is 1. The number of rotatable bonds is 7. The van der Waals surface area contributed by atoms with E-state index in [0.29, 0.717) is 31.8 Å². The standard InChI is InChI=1S/C20H28FNO4S/c21-18-3-1-2-4-19(18)27(23,24)22-11-9-20(10-12-22)17(8-14-26-20)7-13-25-15-16-5-6-16/h1-4,16-17H,5-15H2/t17-/m0/s1. The van der Waals surface area contributed by atoms with Crippen molar-refractivity contribution in [2.75, 3.05) is 32.9 Å². The lowest BCUT2D eigenvalue weighted by molar-refractivity contribution is -0.0616. The molecule has 0 bridgehead atoms. The summed E-state index contributed by atoms with van der Waals surface area (Å²) >= 11 is 0. The van der Waals surface area contributed by atoms with Crippen LogP contribution in [0.2, 0.25) is 0 Å². The number of sulfonamides is 1. The molecule has 2 aliphatic heterocycles. The third-order valence-electron chi connectivity index (χ3n) is 6.28. The number of nitrogens with zero attached hydrogens (tertiary/aromatic N) is 1. The van der Waals surface area contributed by atoms with Gasteiger partial charge < -0.3 is 9.47 Å². The van der Waals surface area contributed by atoms with Crippen LogP contribution in [-0.2, 0) is 19.5 Å². The molecule has 0 N–H and O–H groups in total. The SMILES string of the molecule is O=S(=O)(c1ccccc1F)N1CCC2(CC1)OCC[C@@H]2CCOCC1CC1. The van der Waals surface area contributed by atoms with Gasteiger partial charge in [-0.2, -0.15) is 4.31 Å². The Bertz CT molecular complexity index is 757. The Labute approximate surface area is 160 Å². The van der Waals surface area contributed by atoms with E-state index in [9.17, 15) is 12.8 Å². The lowest BCUT2D eigenvalue weighted by Gasteiger charge is -2.41. The second kappa shape index (κ2) is 7.78. The van der Waals surface area contributed by atoms with Crippen molar-refractivity contribution in [3.8, 4) is 0 Å². The second-order valence-corrected chi connectivity index (χ2v) is 9.95. The van der Waals surface area contributed by atoms with Gasteiger partial charge in [0.2, 0.25) is 10.0 Å². The Morgan fingerprint density at radius 1 is 1.19 bits per heavy atom. The molecule has 2 saturated heterocycles. The van der Waals surface area contributed by atoms with Gasteiger partial charge in [-0.1, -0.05) is 12.1 Å². The average molecular weight is 398 g/mol. The summed E-state index contributed by atoms with van der Waals surface area (Å²) in [5.41, 5.74) is -0.246.